The molecule has 0 bridgehead atoms. The molecule has 5 nitrogen and oxygen atoms in total. The number of carboxylic acids is 1. The molecule has 1 fully saturated rings. The molecule has 1 aromatic heterocycles. The van der Waals surface area contributed by atoms with E-state index in [1.54, 1.807) is 12.1 Å². The molecule has 1 aliphatic rings. The second kappa shape index (κ2) is 5.69. The predicted octanol–water partition coefficient (Wildman–Crippen LogP) is 2.61. The molecular formula is C16H19N3O2. The molecule has 1 aliphatic carbocycles. The van der Waals surface area contributed by atoms with Gasteiger partial charge in [0.2, 0.25) is 0 Å². The standard InChI is InChI=1S/C16H19N3O2/c17-12-6-2-4-8-14(12)19-15-9-11(16(20)21)10-5-1-3-7-13(10)18-15/h1,3,5,7,9,12,14H,2,4,6,8,17H2,(H,18,19)(H,20,21). The molecule has 2 atom stereocenters. The van der Waals surface area contributed by atoms with Gasteiger partial charge < -0.3 is 16.2 Å². The fourth-order valence-electron chi connectivity index (χ4n) is 2.95. The molecule has 3 rings (SSSR count). The molecule has 110 valence electrons. The summed E-state index contributed by atoms with van der Waals surface area (Å²) in [6.07, 6.45) is 4.30. The van der Waals surface area contributed by atoms with E-state index in [2.05, 4.69) is 10.3 Å². The summed E-state index contributed by atoms with van der Waals surface area (Å²) in [5, 5.41) is 13.4. The van der Waals surface area contributed by atoms with Crippen LogP contribution in [0.25, 0.3) is 10.9 Å². The first-order valence-electron chi connectivity index (χ1n) is 7.30. The van der Waals surface area contributed by atoms with Gasteiger partial charge in [-0.05, 0) is 25.0 Å². The number of aromatic carboxylic acids is 1. The van der Waals surface area contributed by atoms with Crippen LogP contribution in [0.4, 0.5) is 5.82 Å². The number of carbonyl (C=O) groups is 1. The molecule has 5 heteroatoms. The monoisotopic (exact) mass is 285 g/mol. The minimum Gasteiger partial charge on any atom is -0.478 e. The normalized spacial score (nSPS) is 22.1. The van der Waals surface area contributed by atoms with Crippen LogP contribution in [0, 0.1) is 0 Å². The van der Waals surface area contributed by atoms with Gasteiger partial charge in [0.1, 0.15) is 5.82 Å². The van der Waals surface area contributed by atoms with Crippen molar-refractivity contribution in [1.82, 2.24) is 4.98 Å². The Morgan fingerprint density at radius 1 is 1.29 bits per heavy atom. The Morgan fingerprint density at radius 2 is 2.05 bits per heavy atom. The third kappa shape index (κ3) is 2.83. The van der Waals surface area contributed by atoms with E-state index in [0.29, 0.717) is 16.7 Å². The summed E-state index contributed by atoms with van der Waals surface area (Å²) < 4.78 is 0. The number of benzene rings is 1. The molecule has 0 spiro atoms. The van der Waals surface area contributed by atoms with Crippen molar-refractivity contribution in [1.29, 1.82) is 0 Å². The Hall–Kier alpha value is -2.14. The summed E-state index contributed by atoms with van der Waals surface area (Å²) in [4.78, 5) is 16.0. The Kier molecular flexibility index (Phi) is 3.75. The van der Waals surface area contributed by atoms with Gasteiger partial charge in [0.05, 0.1) is 11.1 Å². The minimum absolute atomic E-state index is 0.0975. The lowest BCUT2D eigenvalue weighted by molar-refractivity contribution is 0.0699. The van der Waals surface area contributed by atoms with Gasteiger partial charge in [0.25, 0.3) is 0 Å². The third-order valence-corrected chi connectivity index (χ3v) is 4.10. The van der Waals surface area contributed by atoms with Gasteiger partial charge in [-0.15, -0.1) is 0 Å². The van der Waals surface area contributed by atoms with Crippen LogP contribution in [0.15, 0.2) is 30.3 Å². The zero-order valence-corrected chi connectivity index (χ0v) is 11.7. The molecule has 2 unspecified atom stereocenters. The summed E-state index contributed by atoms with van der Waals surface area (Å²) in [6, 6.07) is 9.15. The number of carboxylic acid groups (broad SMARTS) is 1. The molecule has 0 radical (unpaired) electrons. The van der Waals surface area contributed by atoms with Crippen molar-refractivity contribution < 1.29 is 9.90 Å². The number of pyridine rings is 1. The lowest BCUT2D eigenvalue weighted by Gasteiger charge is -2.29. The molecule has 21 heavy (non-hydrogen) atoms. The average molecular weight is 285 g/mol. The number of anilines is 1. The first-order valence-corrected chi connectivity index (χ1v) is 7.30. The largest absolute Gasteiger partial charge is 0.478 e. The van der Waals surface area contributed by atoms with E-state index in [1.165, 1.54) is 0 Å². The van der Waals surface area contributed by atoms with E-state index >= 15 is 0 Å². The van der Waals surface area contributed by atoms with Gasteiger partial charge in [0.15, 0.2) is 0 Å². The van der Waals surface area contributed by atoms with E-state index in [9.17, 15) is 9.90 Å². The molecule has 1 heterocycles. The van der Waals surface area contributed by atoms with Crippen LogP contribution in [0.5, 0.6) is 0 Å². The number of rotatable bonds is 3. The van der Waals surface area contributed by atoms with Gasteiger partial charge in [0, 0.05) is 17.5 Å². The summed E-state index contributed by atoms with van der Waals surface area (Å²) >= 11 is 0. The second-order valence-electron chi connectivity index (χ2n) is 5.58. The maximum atomic E-state index is 11.4. The average Bonchev–Trinajstić information content (AvgIpc) is 2.48. The van der Waals surface area contributed by atoms with Crippen molar-refractivity contribution in [3.63, 3.8) is 0 Å². The van der Waals surface area contributed by atoms with Crippen LogP contribution in [0.2, 0.25) is 0 Å². The van der Waals surface area contributed by atoms with Gasteiger partial charge in [-0.25, -0.2) is 9.78 Å². The van der Waals surface area contributed by atoms with Crippen molar-refractivity contribution >= 4 is 22.7 Å². The van der Waals surface area contributed by atoms with E-state index < -0.39 is 5.97 Å². The summed E-state index contributed by atoms with van der Waals surface area (Å²) in [5.74, 6) is -0.349. The molecule has 1 aromatic carbocycles. The van der Waals surface area contributed by atoms with E-state index in [1.807, 2.05) is 18.2 Å². The Balaban J connectivity index is 1.97. The van der Waals surface area contributed by atoms with Crippen LogP contribution in [-0.2, 0) is 0 Å². The quantitative estimate of drug-likeness (QED) is 0.806. The number of nitrogens with one attached hydrogen (secondary N) is 1. The molecule has 2 aromatic rings. The maximum Gasteiger partial charge on any atom is 0.336 e. The Labute approximate surface area is 123 Å². The number of hydrogen-bond donors (Lipinski definition) is 3. The fraction of sp³-hybridized carbons (Fsp3) is 0.375. The van der Waals surface area contributed by atoms with E-state index in [0.717, 1.165) is 25.7 Å². The predicted molar refractivity (Wildman–Crippen MR) is 82.6 cm³/mol. The summed E-state index contributed by atoms with van der Waals surface area (Å²) in [5.41, 5.74) is 7.09. The van der Waals surface area contributed by atoms with Crippen LogP contribution < -0.4 is 11.1 Å². The number of nitrogens with zero attached hydrogens (tertiary/aromatic N) is 1. The SMILES string of the molecule is NC1CCCCC1Nc1cc(C(=O)O)c2ccccc2n1. The highest BCUT2D eigenvalue weighted by Gasteiger charge is 2.22. The smallest absolute Gasteiger partial charge is 0.336 e. The van der Waals surface area contributed by atoms with Crippen molar-refractivity contribution in [3.8, 4) is 0 Å². The highest BCUT2D eigenvalue weighted by Crippen LogP contribution is 2.24. The van der Waals surface area contributed by atoms with Gasteiger partial charge >= 0.3 is 5.97 Å². The fourth-order valence-corrected chi connectivity index (χ4v) is 2.95. The van der Waals surface area contributed by atoms with Crippen molar-refractivity contribution in [3.05, 3.63) is 35.9 Å². The van der Waals surface area contributed by atoms with Crippen LogP contribution in [-0.4, -0.2) is 28.1 Å². The van der Waals surface area contributed by atoms with Crippen molar-refractivity contribution in [2.24, 2.45) is 5.73 Å². The molecule has 0 amide bonds. The number of nitrogens with two attached hydrogens (primary N) is 1. The topological polar surface area (TPSA) is 88.2 Å². The zero-order chi connectivity index (χ0) is 14.8. The molecular weight excluding hydrogens is 266 g/mol. The van der Waals surface area contributed by atoms with E-state index in [4.69, 9.17) is 5.73 Å². The van der Waals surface area contributed by atoms with Crippen LogP contribution in [0.1, 0.15) is 36.0 Å². The number of aromatic nitrogens is 1. The first kappa shape index (κ1) is 13.8. The van der Waals surface area contributed by atoms with Gasteiger partial charge in [-0.3, -0.25) is 0 Å². The first-order chi connectivity index (χ1) is 10.1. The lowest BCUT2D eigenvalue weighted by atomic mass is 9.91. The van der Waals surface area contributed by atoms with Crippen LogP contribution in [0.3, 0.4) is 0 Å². The Bertz CT molecular complexity index is 672. The number of para-hydroxylation sites is 1. The summed E-state index contributed by atoms with van der Waals surface area (Å²) in [7, 11) is 0. The van der Waals surface area contributed by atoms with Crippen LogP contribution >= 0.6 is 0 Å². The minimum atomic E-state index is -0.940. The van der Waals surface area contributed by atoms with Crippen molar-refractivity contribution in [2.75, 3.05) is 5.32 Å². The molecule has 1 saturated carbocycles. The highest BCUT2D eigenvalue weighted by molar-refractivity contribution is 6.03. The highest BCUT2D eigenvalue weighted by atomic mass is 16.4. The van der Waals surface area contributed by atoms with Crippen molar-refractivity contribution in [2.45, 2.75) is 37.8 Å². The van der Waals surface area contributed by atoms with Gasteiger partial charge in [-0.1, -0.05) is 31.0 Å². The molecule has 4 N–H and O–H groups in total. The van der Waals surface area contributed by atoms with Gasteiger partial charge in [-0.2, -0.15) is 0 Å². The Morgan fingerprint density at radius 3 is 2.81 bits per heavy atom. The number of fused-ring (bicyclic) bond motifs is 1. The molecule has 0 saturated heterocycles. The maximum absolute atomic E-state index is 11.4. The lowest BCUT2D eigenvalue weighted by Crippen LogP contribution is -2.42. The summed E-state index contributed by atoms with van der Waals surface area (Å²) in [6.45, 7) is 0. The zero-order valence-electron chi connectivity index (χ0n) is 11.7. The molecule has 0 aliphatic heterocycles. The number of hydrogen-bond acceptors (Lipinski definition) is 4. The second-order valence-corrected chi connectivity index (χ2v) is 5.58. The third-order valence-electron chi connectivity index (χ3n) is 4.10. The van der Waals surface area contributed by atoms with E-state index in [-0.39, 0.29) is 17.6 Å².